The maximum atomic E-state index is 12.6. The first-order valence-corrected chi connectivity index (χ1v) is 7.09. The molecule has 0 aliphatic carbocycles. The summed E-state index contributed by atoms with van der Waals surface area (Å²) in [5.74, 6) is 0.495. The van der Waals surface area contributed by atoms with Crippen molar-refractivity contribution in [2.24, 2.45) is 0 Å². The second-order valence-corrected chi connectivity index (χ2v) is 5.46. The highest BCUT2D eigenvalue weighted by molar-refractivity contribution is 5.98. The summed E-state index contributed by atoms with van der Waals surface area (Å²) in [6.45, 7) is 8.97. The zero-order valence-electron chi connectivity index (χ0n) is 12.8. The van der Waals surface area contributed by atoms with Crippen LogP contribution in [0.5, 0.6) is 0 Å². The molecular weight excluding hydrogens is 254 g/mol. The number of amides is 1. The lowest BCUT2D eigenvalue weighted by Crippen LogP contribution is -2.42. The molecule has 1 amide bonds. The lowest BCUT2D eigenvalue weighted by molar-refractivity contribution is 0.0315. The predicted octanol–water partition coefficient (Wildman–Crippen LogP) is 2.14. The van der Waals surface area contributed by atoms with Gasteiger partial charge < -0.3 is 15.3 Å². The van der Waals surface area contributed by atoms with Gasteiger partial charge in [0.25, 0.3) is 5.91 Å². The summed E-state index contributed by atoms with van der Waals surface area (Å²) in [6.07, 6.45) is 2.63. The molecule has 0 aromatic carbocycles. The summed E-state index contributed by atoms with van der Waals surface area (Å²) in [5.41, 5.74) is -0.364. The van der Waals surface area contributed by atoms with Crippen molar-refractivity contribution in [1.29, 1.82) is 0 Å². The van der Waals surface area contributed by atoms with Crippen LogP contribution in [0.25, 0.3) is 0 Å². The number of anilines is 1. The highest BCUT2D eigenvalue weighted by Crippen LogP contribution is 2.16. The molecular formula is C15H25N3O2. The first kappa shape index (κ1) is 16.4. The largest absolute Gasteiger partial charge is 0.389 e. The molecule has 0 saturated heterocycles. The molecule has 5 nitrogen and oxygen atoms in total. The number of rotatable bonds is 7. The number of nitrogens with one attached hydrogen (secondary N) is 1. The van der Waals surface area contributed by atoms with Gasteiger partial charge in [-0.3, -0.25) is 4.79 Å². The minimum absolute atomic E-state index is 0.110. The van der Waals surface area contributed by atoms with Crippen molar-refractivity contribution in [3.63, 3.8) is 0 Å². The normalized spacial score (nSPS) is 11.2. The SMILES string of the molecule is CCCNc1ncccc1C(=O)N(CC)CC(C)(C)O. The zero-order valence-corrected chi connectivity index (χ0v) is 12.8. The van der Waals surface area contributed by atoms with Crippen LogP contribution in [-0.2, 0) is 0 Å². The van der Waals surface area contributed by atoms with Crippen LogP contribution in [0.2, 0.25) is 0 Å². The summed E-state index contributed by atoms with van der Waals surface area (Å²) < 4.78 is 0. The third-order valence-corrected chi connectivity index (χ3v) is 2.83. The molecule has 0 saturated carbocycles. The molecule has 20 heavy (non-hydrogen) atoms. The van der Waals surface area contributed by atoms with Crippen LogP contribution in [0.3, 0.4) is 0 Å². The number of pyridine rings is 1. The molecule has 0 aliphatic heterocycles. The Morgan fingerprint density at radius 3 is 2.70 bits per heavy atom. The molecule has 2 N–H and O–H groups in total. The van der Waals surface area contributed by atoms with Gasteiger partial charge in [-0.1, -0.05) is 6.92 Å². The molecule has 0 atom stereocenters. The molecule has 1 heterocycles. The maximum Gasteiger partial charge on any atom is 0.257 e. The van der Waals surface area contributed by atoms with Gasteiger partial charge in [0, 0.05) is 25.8 Å². The smallest absolute Gasteiger partial charge is 0.257 e. The number of hydrogen-bond donors (Lipinski definition) is 2. The third kappa shape index (κ3) is 4.81. The second-order valence-electron chi connectivity index (χ2n) is 5.46. The first-order chi connectivity index (χ1) is 9.39. The minimum Gasteiger partial charge on any atom is -0.389 e. The van der Waals surface area contributed by atoms with Crippen molar-refractivity contribution in [1.82, 2.24) is 9.88 Å². The van der Waals surface area contributed by atoms with Gasteiger partial charge >= 0.3 is 0 Å². The number of aromatic nitrogens is 1. The average molecular weight is 279 g/mol. The van der Waals surface area contributed by atoms with Crippen molar-refractivity contribution in [2.45, 2.75) is 39.7 Å². The Labute approximate surface area is 121 Å². The van der Waals surface area contributed by atoms with Crippen LogP contribution >= 0.6 is 0 Å². The number of aliphatic hydroxyl groups is 1. The second kappa shape index (κ2) is 7.24. The van der Waals surface area contributed by atoms with Crippen molar-refractivity contribution in [3.05, 3.63) is 23.9 Å². The topological polar surface area (TPSA) is 65.5 Å². The van der Waals surface area contributed by atoms with Gasteiger partial charge in [-0.15, -0.1) is 0 Å². The summed E-state index contributed by atoms with van der Waals surface area (Å²) in [6, 6.07) is 3.52. The van der Waals surface area contributed by atoms with E-state index in [-0.39, 0.29) is 5.91 Å². The Hall–Kier alpha value is -1.62. The van der Waals surface area contributed by atoms with E-state index < -0.39 is 5.60 Å². The van der Waals surface area contributed by atoms with E-state index in [2.05, 4.69) is 17.2 Å². The van der Waals surface area contributed by atoms with Crippen molar-refractivity contribution < 1.29 is 9.90 Å². The van der Waals surface area contributed by atoms with Gasteiger partial charge in [0.2, 0.25) is 0 Å². The monoisotopic (exact) mass is 279 g/mol. The van der Waals surface area contributed by atoms with E-state index in [9.17, 15) is 9.90 Å². The Bertz CT molecular complexity index is 441. The van der Waals surface area contributed by atoms with Crippen LogP contribution in [0.4, 0.5) is 5.82 Å². The summed E-state index contributed by atoms with van der Waals surface area (Å²) >= 11 is 0. The van der Waals surface area contributed by atoms with Crippen molar-refractivity contribution >= 4 is 11.7 Å². The fourth-order valence-corrected chi connectivity index (χ4v) is 1.93. The summed E-state index contributed by atoms with van der Waals surface area (Å²) in [4.78, 5) is 18.4. The minimum atomic E-state index is -0.912. The Balaban J connectivity index is 2.94. The van der Waals surface area contributed by atoms with Gasteiger partial charge in [-0.05, 0) is 39.3 Å². The van der Waals surface area contributed by atoms with Gasteiger partial charge in [-0.25, -0.2) is 4.98 Å². The van der Waals surface area contributed by atoms with Crippen LogP contribution < -0.4 is 5.32 Å². The Morgan fingerprint density at radius 1 is 1.45 bits per heavy atom. The third-order valence-electron chi connectivity index (χ3n) is 2.83. The molecule has 1 aromatic rings. The van der Waals surface area contributed by atoms with E-state index in [0.29, 0.717) is 24.5 Å². The van der Waals surface area contributed by atoms with E-state index in [1.54, 1.807) is 37.1 Å². The maximum absolute atomic E-state index is 12.6. The standard InChI is InChI=1S/C15H25N3O2/c1-5-9-16-13-12(8-7-10-17-13)14(19)18(6-2)11-15(3,4)20/h7-8,10,20H,5-6,9,11H2,1-4H3,(H,16,17). The number of carbonyl (C=O) groups excluding carboxylic acids is 1. The van der Waals surface area contributed by atoms with Crippen LogP contribution in [0.1, 0.15) is 44.5 Å². The van der Waals surface area contributed by atoms with Gasteiger partial charge in [-0.2, -0.15) is 0 Å². The molecule has 0 bridgehead atoms. The van der Waals surface area contributed by atoms with E-state index in [1.165, 1.54) is 0 Å². The number of carbonyl (C=O) groups is 1. The van der Waals surface area contributed by atoms with E-state index in [1.807, 2.05) is 6.92 Å². The van der Waals surface area contributed by atoms with Crippen molar-refractivity contribution in [3.8, 4) is 0 Å². The van der Waals surface area contributed by atoms with Crippen molar-refractivity contribution in [2.75, 3.05) is 25.0 Å². The highest BCUT2D eigenvalue weighted by Gasteiger charge is 2.24. The molecule has 5 heteroatoms. The fourth-order valence-electron chi connectivity index (χ4n) is 1.93. The quantitative estimate of drug-likeness (QED) is 0.802. The average Bonchev–Trinajstić information content (AvgIpc) is 2.41. The number of hydrogen-bond acceptors (Lipinski definition) is 4. The van der Waals surface area contributed by atoms with E-state index in [4.69, 9.17) is 0 Å². The molecule has 0 radical (unpaired) electrons. The molecule has 0 aliphatic rings. The van der Waals surface area contributed by atoms with Gasteiger partial charge in [0.1, 0.15) is 5.82 Å². The summed E-state index contributed by atoms with van der Waals surface area (Å²) in [7, 11) is 0. The van der Waals surface area contributed by atoms with Gasteiger partial charge in [0.15, 0.2) is 0 Å². The molecule has 0 fully saturated rings. The zero-order chi connectivity index (χ0) is 15.2. The fraction of sp³-hybridized carbons (Fsp3) is 0.600. The molecule has 1 rings (SSSR count). The molecule has 0 spiro atoms. The molecule has 1 aromatic heterocycles. The first-order valence-electron chi connectivity index (χ1n) is 7.09. The lowest BCUT2D eigenvalue weighted by atomic mass is 10.1. The van der Waals surface area contributed by atoms with Crippen LogP contribution in [0, 0.1) is 0 Å². The summed E-state index contributed by atoms with van der Waals surface area (Å²) in [5, 5.41) is 13.1. The van der Waals surface area contributed by atoms with Gasteiger partial charge in [0.05, 0.1) is 11.2 Å². The number of nitrogens with zero attached hydrogens (tertiary/aromatic N) is 2. The predicted molar refractivity (Wildman–Crippen MR) is 80.9 cm³/mol. The number of likely N-dealkylation sites (N-methyl/N-ethyl adjacent to an activating group) is 1. The Morgan fingerprint density at radius 2 is 2.15 bits per heavy atom. The molecule has 0 unspecified atom stereocenters. The molecule has 112 valence electrons. The lowest BCUT2D eigenvalue weighted by Gasteiger charge is -2.28. The van der Waals surface area contributed by atoms with E-state index >= 15 is 0 Å². The van der Waals surface area contributed by atoms with E-state index in [0.717, 1.165) is 13.0 Å². The highest BCUT2D eigenvalue weighted by atomic mass is 16.3. The van der Waals surface area contributed by atoms with Crippen LogP contribution in [-0.4, -0.2) is 46.1 Å². The Kier molecular flexibility index (Phi) is 5.95. The van der Waals surface area contributed by atoms with Crippen LogP contribution in [0.15, 0.2) is 18.3 Å².